The number of hydrogen-bond donors (Lipinski definition) is 2. The van der Waals surface area contributed by atoms with Crippen molar-refractivity contribution < 1.29 is 14.6 Å². The topological polar surface area (TPSA) is 72.6 Å². The second kappa shape index (κ2) is 8.67. The van der Waals surface area contributed by atoms with Crippen LogP contribution in [0.1, 0.15) is 38.2 Å². The van der Waals surface area contributed by atoms with E-state index >= 15 is 0 Å². The molecule has 1 rings (SSSR count). The molecule has 0 aliphatic carbocycles. The van der Waals surface area contributed by atoms with Crippen LogP contribution in [0.5, 0.6) is 0 Å². The quantitative estimate of drug-likeness (QED) is 0.719. The Morgan fingerprint density at radius 2 is 1.95 bits per heavy atom. The Bertz CT molecular complexity index is 367. The van der Waals surface area contributed by atoms with Gasteiger partial charge in [0.05, 0.1) is 12.7 Å². The molecule has 0 aliphatic rings. The van der Waals surface area contributed by atoms with Gasteiger partial charge in [-0.2, -0.15) is 0 Å². The van der Waals surface area contributed by atoms with Gasteiger partial charge in [-0.3, -0.25) is 4.79 Å². The number of hydrogen-bond acceptors (Lipinski definition) is 3. The standard InChI is InChI=1S/C15H23NO3/c1-2-6-13(9-10-14(16)15(17)18)19-11-12-7-4-3-5-8-12/h3-5,7-8,13-14H,2,6,9-11,16H2,1H3,(H,17,18). The molecule has 2 unspecified atom stereocenters. The van der Waals surface area contributed by atoms with Gasteiger partial charge in [0.15, 0.2) is 0 Å². The number of benzene rings is 1. The van der Waals surface area contributed by atoms with Crippen molar-refractivity contribution in [2.24, 2.45) is 5.73 Å². The van der Waals surface area contributed by atoms with Gasteiger partial charge in [0, 0.05) is 0 Å². The van der Waals surface area contributed by atoms with Crippen LogP contribution in [0.15, 0.2) is 30.3 Å². The number of ether oxygens (including phenoxy) is 1. The van der Waals surface area contributed by atoms with Crippen molar-refractivity contribution in [3.8, 4) is 0 Å². The molecule has 106 valence electrons. The molecule has 2 atom stereocenters. The van der Waals surface area contributed by atoms with E-state index in [1.165, 1.54) is 0 Å². The summed E-state index contributed by atoms with van der Waals surface area (Å²) in [5.41, 5.74) is 6.64. The van der Waals surface area contributed by atoms with Crippen LogP contribution in [0.25, 0.3) is 0 Å². The number of aliphatic carboxylic acids is 1. The van der Waals surface area contributed by atoms with E-state index in [-0.39, 0.29) is 6.10 Å². The fourth-order valence-corrected chi connectivity index (χ4v) is 1.91. The van der Waals surface area contributed by atoms with Gasteiger partial charge in [0.1, 0.15) is 6.04 Å². The first kappa shape index (κ1) is 15.7. The Hall–Kier alpha value is -1.39. The minimum absolute atomic E-state index is 0.0793. The lowest BCUT2D eigenvalue weighted by atomic mass is 10.1. The van der Waals surface area contributed by atoms with Crippen molar-refractivity contribution in [2.75, 3.05) is 0 Å². The highest BCUT2D eigenvalue weighted by Crippen LogP contribution is 2.13. The van der Waals surface area contributed by atoms with E-state index < -0.39 is 12.0 Å². The summed E-state index contributed by atoms with van der Waals surface area (Å²) in [4.78, 5) is 10.7. The molecule has 0 saturated carbocycles. The molecule has 3 N–H and O–H groups in total. The Morgan fingerprint density at radius 3 is 2.53 bits per heavy atom. The van der Waals surface area contributed by atoms with E-state index in [9.17, 15) is 4.79 Å². The maximum absolute atomic E-state index is 10.7. The average Bonchev–Trinajstić information content (AvgIpc) is 2.42. The SMILES string of the molecule is CCCC(CCC(N)C(=O)O)OCc1ccccc1. The third-order valence-electron chi connectivity index (χ3n) is 3.06. The normalized spacial score (nSPS) is 14.0. The van der Waals surface area contributed by atoms with Crippen molar-refractivity contribution in [2.45, 2.75) is 51.4 Å². The Kier molecular flexibility index (Phi) is 7.15. The molecule has 0 radical (unpaired) electrons. The molecular formula is C15H23NO3. The summed E-state index contributed by atoms with van der Waals surface area (Å²) >= 11 is 0. The first-order valence-electron chi connectivity index (χ1n) is 6.77. The second-order valence-corrected chi connectivity index (χ2v) is 4.73. The number of carboxylic acids is 1. The first-order valence-corrected chi connectivity index (χ1v) is 6.77. The van der Waals surface area contributed by atoms with Gasteiger partial charge in [-0.1, -0.05) is 43.7 Å². The molecular weight excluding hydrogens is 242 g/mol. The summed E-state index contributed by atoms with van der Waals surface area (Å²) < 4.78 is 5.85. The van der Waals surface area contributed by atoms with E-state index in [1.807, 2.05) is 30.3 Å². The number of nitrogens with two attached hydrogens (primary N) is 1. The van der Waals surface area contributed by atoms with Gasteiger partial charge in [-0.05, 0) is 24.8 Å². The fourth-order valence-electron chi connectivity index (χ4n) is 1.91. The smallest absolute Gasteiger partial charge is 0.320 e. The molecule has 0 fully saturated rings. The van der Waals surface area contributed by atoms with Gasteiger partial charge >= 0.3 is 5.97 Å². The van der Waals surface area contributed by atoms with Crippen LogP contribution in [-0.2, 0) is 16.1 Å². The lowest BCUT2D eigenvalue weighted by molar-refractivity contribution is -0.138. The molecule has 0 spiro atoms. The second-order valence-electron chi connectivity index (χ2n) is 4.73. The maximum atomic E-state index is 10.7. The van der Waals surface area contributed by atoms with Crippen LogP contribution in [0, 0.1) is 0 Å². The number of carboxylic acid groups (broad SMARTS) is 1. The van der Waals surface area contributed by atoms with E-state index in [4.69, 9.17) is 15.6 Å². The van der Waals surface area contributed by atoms with Crippen LogP contribution in [0.4, 0.5) is 0 Å². The van der Waals surface area contributed by atoms with Crippen molar-refractivity contribution >= 4 is 5.97 Å². The summed E-state index contributed by atoms with van der Waals surface area (Å²) in [5, 5.41) is 8.77. The van der Waals surface area contributed by atoms with E-state index in [0.717, 1.165) is 18.4 Å². The predicted molar refractivity (Wildman–Crippen MR) is 74.8 cm³/mol. The molecule has 0 amide bonds. The Labute approximate surface area is 114 Å². The summed E-state index contributed by atoms with van der Waals surface area (Å²) in [5.74, 6) is -0.946. The molecule has 0 aliphatic heterocycles. The Balaban J connectivity index is 2.37. The van der Waals surface area contributed by atoms with Gasteiger partial charge in [0.25, 0.3) is 0 Å². The predicted octanol–water partition coefficient (Wildman–Crippen LogP) is 2.56. The van der Waals surface area contributed by atoms with E-state index in [1.54, 1.807) is 0 Å². The van der Waals surface area contributed by atoms with Crippen LogP contribution in [-0.4, -0.2) is 23.2 Å². The van der Waals surface area contributed by atoms with E-state index in [0.29, 0.717) is 19.4 Å². The monoisotopic (exact) mass is 265 g/mol. The van der Waals surface area contributed by atoms with Crippen molar-refractivity contribution in [3.05, 3.63) is 35.9 Å². The molecule has 0 heterocycles. The summed E-state index contributed by atoms with van der Waals surface area (Å²) in [6, 6.07) is 9.18. The third kappa shape index (κ3) is 6.36. The summed E-state index contributed by atoms with van der Waals surface area (Å²) in [6.07, 6.45) is 3.17. The molecule has 0 aromatic heterocycles. The fraction of sp³-hybridized carbons (Fsp3) is 0.533. The highest BCUT2D eigenvalue weighted by Gasteiger charge is 2.15. The zero-order valence-corrected chi connectivity index (χ0v) is 11.4. The van der Waals surface area contributed by atoms with Gasteiger partial charge in [0.2, 0.25) is 0 Å². The Morgan fingerprint density at radius 1 is 1.26 bits per heavy atom. The lowest BCUT2D eigenvalue weighted by Crippen LogP contribution is -2.31. The molecule has 4 heteroatoms. The number of rotatable bonds is 9. The minimum atomic E-state index is -0.946. The summed E-state index contributed by atoms with van der Waals surface area (Å²) in [7, 11) is 0. The van der Waals surface area contributed by atoms with Crippen molar-refractivity contribution in [3.63, 3.8) is 0 Å². The van der Waals surface area contributed by atoms with Gasteiger partial charge in [-0.25, -0.2) is 0 Å². The van der Waals surface area contributed by atoms with Gasteiger partial charge < -0.3 is 15.6 Å². The van der Waals surface area contributed by atoms with Crippen LogP contribution in [0.2, 0.25) is 0 Å². The zero-order chi connectivity index (χ0) is 14.1. The molecule has 4 nitrogen and oxygen atoms in total. The van der Waals surface area contributed by atoms with Crippen LogP contribution >= 0.6 is 0 Å². The molecule has 19 heavy (non-hydrogen) atoms. The minimum Gasteiger partial charge on any atom is -0.480 e. The average molecular weight is 265 g/mol. The maximum Gasteiger partial charge on any atom is 0.320 e. The molecule has 1 aromatic carbocycles. The molecule has 1 aromatic rings. The first-order chi connectivity index (χ1) is 9.13. The summed E-state index contributed by atoms with van der Waals surface area (Å²) in [6.45, 7) is 2.66. The highest BCUT2D eigenvalue weighted by molar-refractivity contribution is 5.72. The van der Waals surface area contributed by atoms with Crippen molar-refractivity contribution in [1.82, 2.24) is 0 Å². The van der Waals surface area contributed by atoms with Crippen LogP contribution in [0.3, 0.4) is 0 Å². The van der Waals surface area contributed by atoms with Crippen molar-refractivity contribution in [1.29, 1.82) is 0 Å². The van der Waals surface area contributed by atoms with E-state index in [2.05, 4.69) is 6.92 Å². The largest absolute Gasteiger partial charge is 0.480 e. The van der Waals surface area contributed by atoms with Gasteiger partial charge in [-0.15, -0.1) is 0 Å². The highest BCUT2D eigenvalue weighted by atomic mass is 16.5. The third-order valence-corrected chi connectivity index (χ3v) is 3.06. The number of carbonyl (C=O) groups is 1. The molecule has 0 saturated heterocycles. The molecule has 0 bridgehead atoms. The zero-order valence-electron chi connectivity index (χ0n) is 11.4. The van der Waals surface area contributed by atoms with Crippen LogP contribution < -0.4 is 5.73 Å². The lowest BCUT2D eigenvalue weighted by Gasteiger charge is -2.18.